The maximum Gasteiger partial charge on any atom is 0.265 e. The minimum Gasteiger partial charge on any atom is -0.356 e. The van der Waals surface area contributed by atoms with Crippen molar-refractivity contribution in [2.45, 2.75) is 23.8 Å². The fraction of sp³-hybridized carbons (Fsp3) is 0.148. The number of aromatic nitrogens is 2. The van der Waals surface area contributed by atoms with E-state index in [0.717, 1.165) is 21.3 Å². The van der Waals surface area contributed by atoms with E-state index in [-0.39, 0.29) is 27.0 Å². The number of amides is 2. The van der Waals surface area contributed by atoms with E-state index in [4.69, 9.17) is 23.2 Å². The normalized spacial score (nSPS) is 15.0. The van der Waals surface area contributed by atoms with Crippen LogP contribution >= 0.6 is 23.2 Å². The Hall–Kier alpha value is -3.86. The van der Waals surface area contributed by atoms with E-state index in [1.807, 2.05) is 24.3 Å². The summed E-state index contributed by atoms with van der Waals surface area (Å²) in [7, 11) is -4.29. The lowest BCUT2D eigenvalue weighted by molar-refractivity contribution is -0.125. The van der Waals surface area contributed by atoms with Crippen molar-refractivity contribution in [3.8, 4) is 11.4 Å². The number of benzene rings is 3. The third-order valence-corrected chi connectivity index (χ3v) is 8.83. The highest BCUT2D eigenvalue weighted by molar-refractivity contribution is 7.93. The fourth-order valence-electron chi connectivity index (χ4n) is 4.33. The number of aromatic amines is 1. The molecular formula is C27H23Cl2N5O4S. The molecule has 1 aliphatic heterocycles. The van der Waals surface area contributed by atoms with E-state index in [9.17, 15) is 18.0 Å². The van der Waals surface area contributed by atoms with Gasteiger partial charge in [-0.3, -0.25) is 13.9 Å². The van der Waals surface area contributed by atoms with Crippen molar-refractivity contribution in [1.82, 2.24) is 15.3 Å². The molecule has 1 aliphatic rings. The second kappa shape index (κ2) is 11.1. The van der Waals surface area contributed by atoms with Gasteiger partial charge in [0.25, 0.3) is 10.0 Å². The summed E-state index contributed by atoms with van der Waals surface area (Å²) >= 11 is 12.1. The Morgan fingerprint density at radius 3 is 2.51 bits per heavy atom. The van der Waals surface area contributed by atoms with Crippen LogP contribution in [0, 0.1) is 0 Å². The van der Waals surface area contributed by atoms with Gasteiger partial charge in [-0.05, 0) is 42.3 Å². The smallest absolute Gasteiger partial charge is 0.265 e. The first-order chi connectivity index (χ1) is 18.7. The van der Waals surface area contributed by atoms with E-state index in [0.29, 0.717) is 18.7 Å². The number of sulfonamides is 1. The Bertz CT molecular complexity index is 1630. The predicted molar refractivity (Wildman–Crippen MR) is 150 cm³/mol. The van der Waals surface area contributed by atoms with Gasteiger partial charge in [-0.2, -0.15) is 0 Å². The Morgan fingerprint density at radius 2 is 1.79 bits per heavy atom. The first-order valence-electron chi connectivity index (χ1n) is 12.0. The molecule has 0 aliphatic carbocycles. The topological polar surface area (TPSA) is 124 Å². The lowest BCUT2D eigenvalue weighted by Gasteiger charge is -2.36. The standard InChI is InChI=1S/C27H23Cl2N5O4S/c28-20-10-9-19(15-21(20)29)39(37,38)34-23-4-2-1-3-22(23)33-27(36)24(34)16-25(35)30-12-11-17-5-7-18(8-6-17)26-31-13-14-32-26/h1-10,13-15,24H,11-12,16H2,(H,30,35)(H,31,32)(H,33,36)/t24-/m1/s1. The number of hydrogen-bond donors (Lipinski definition) is 3. The van der Waals surface area contributed by atoms with Gasteiger partial charge in [0, 0.05) is 24.5 Å². The molecule has 0 fully saturated rings. The maximum absolute atomic E-state index is 13.8. The molecule has 0 radical (unpaired) electrons. The van der Waals surface area contributed by atoms with Gasteiger partial charge in [-0.25, -0.2) is 13.4 Å². The van der Waals surface area contributed by atoms with Gasteiger partial charge < -0.3 is 15.6 Å². The van der Waals surface area contributed by atoms with Crippen molar-refractivity contribution in [2.75, 3.05) is 16.2 Å². The number of H-pyrrole nitrogens is 1. The number of halogens is 2. The lowest BCUT2D eigenvalue weighted by atomic mass is 10.1. The SMILES string of the molecule is O=C(C[C@@H]1C(=O)Nc2ccccc2N1S(=O)(=O)c1ccc(Cl)c(Cl)c1)NCCc1ccc(-c2ncc[nH]2)cc1. The van der Waals surface area contributed by atoms with Crippen LogP contribution in [0.4, 0.5) is 11.4 Å². The number of carbonyl (C=O) groups is 2. The highest BCUT2D eigenvalue weighted by Crippen LogP contribution is 2.38. The number of anilines is 2. The Kier molecular flexibility index (Phi) is 7.60. The van der Waals surface area contributed by atoms with E-state index in [1.165, 1.54) is 18.2 Å². The molecule has 0 unspecified atom stereocenters. The van der Waals surface area contributed by atoms with Crippen LogP contribution in [-0.2, 0) is 26.0 Å². The van der Waals surface area contributed by atoms with Gasteiger partial charge in [0.05, 0.1) is 32.7 Å². The summed E-state index contributed by atoms with van der Waals surface area (Å²) in [5.74, 6) is -0.306. The summed E-state index contributed by atoms with van der Waals surface area (Å²) in [6.07, 6.45) is 3.61. The van der Waals surface area contributed by atoms with Crippen LogP contribution < -0.4 is 14.9 Å². The summed E-state index contributed by atoms with van der Waals surface area (Å²) in [5, 5.41) is 5.75. The predicted octanol–water partition coefficient (Wildman–Crippen LogP) is 4.65. The van der Waals surface area contributed by atoms with Crippen LogP contribution in [-0.4, -0.2) is 42.8 Å². The molecule has 0 spiro atoms. The Labute approximate surface area is 235 Å². The fourth-order valence-corrected chi connectivity index (χ4v) is 6.35. The molecule has 200 valence electrons. The first-order valence-corrected chi connectivity index (χ1v) is 14.2. The van der Waals surface area contributed by atoms with E-state index < -0.39 is 27.9 Å². The van der Waals surface area contributed by atoms with Crippen molar-refractivity contribution in [3.05, 3.63) is 94.7 Å². The molecule has 0 bridgehead atoms. The van der Waals surface area contributed by atoms with Crippen molar-refractivity contribution in [2.24, 2.45) is 0 Å². The van der Waals surface area contributed by atoms with E-state index >= 15 is 0 Å². The lowest BCUT2D eigenvalue weighted by Crippen LogP contribution is -2.52. The van der Waals surface area contributed by atoms with Crippen molar-refractivity contribution in [3.63, 3.8) is 0 Å². The molecule has 0 saturated heterocycles. The van der Waals surface area contributed by atoms with Gasteiger partial charge in [0.15, 0.2) is 0 Å². The molecule has 12 heteroatoms. The summed E-state index contributed by atoms with van der Waals surface area (Å²) < 4.78 is 28.5. The van der Waals surface area contributed by atoms with Crippen molar-refractivity contribution >= 4 is 56.4 Å². The van der Waals surface area contributed by atoms with Crippen LogP contribution in [0.2, 0.25) is 10.0 Å². The summed E-state index contributed by atoms with van der Waals surface area (Å²) in [4.78, 5) is 33.1. The maximum atomic E-state index is 13.8. The summed E-state index contributed by atoms with van der Waals surface area (Å²) in [5.41, 5.74) is 2.51. The Balaban J connectivity index is 1.32. The van der Waals surface area contributed by atoms with Gasteiger partial charge in [-0.15, -0.1) is 0 Å². The largest absolute Gasteiger partial charge is 0.356 e. The molecule has 4 aromatic rings. The van der Waals surface area contributed by atoms with Crippen LogP contribution in [0.5, 0.6) is 0 Å². The molecule has 3 aromatic carbocycles. The zero-order valence-corrected chi connectivity index (χ0v) is 22.7. The number of imidazole rings is 1. The van der Waals surface area contributed by atoms with Gasteiger partial charge >= 0.3 is 0 Å². The molecule has 5 rings (SSSR count). The number of carbonyl (C=O) groups excluding carboxylic acids is 2. The van der Waals surface area contributed by atoms with Crippen LogP contribution in [0.25, 0.3) is 11.4 Å². The Morgan fingerprint density at radius 1 is 1.03 bits per heavy atom. The average Bonchev–Trinajstić information content (AvgIpc) is 3.46. The van der Waals surface area contributed by atoms with E-state index in [1.54, 1.807) is 36.7 Å². The average molecular weight is 584 g/mol. The monoisotopic (exact) mass is 583 g/mol. The number of hydrogen-bond acceptors (Lipinski definition) is 5. The summed E-state index contributed by atoms with van der Waals surface area (Å²) in [6, 6.07) is 16.9. The molecule has 2 amide bonds. The molecule has 1 aromatic heterocycles. The second-order valence-corrected chi connectivity index (χ2v) is 11.5. The third kappa shape index (κ3) is 5.63. The second-order valence-electron chi connectivity index (χ2n) is 8.84. The number of rotatable bonds is 8. The molecule has 3 N–H and O–H groups in total. The minimum atomic E-state index is -4.29. The van der Waals surface area contributed by atoms with Gasteiger partial charge in [0.1, 0.15) is 11.9 Å². The number of nitrogens with one attached hydrogen (secondary N) is 3. The zero-order valence-electron chi connectivity index (χ0n) is 20.4. The molecule has 0 saturated carbocycles. The molecular weight excluding hydrogens is 561 g/mol. The van der Waals surface area contributed by atoms with Crippen LogP contribution in [0.15, 0.2) is 84.0 Å². The number of nitrogens with zero attached hydrogens (tertiary/aromatic N) is 2. The highest BCUT2D eigenvalue weighted by atomic mass is 35.5. The molecule has 39 heavy (non-hydrogen) atoms. The van der Waals surface area contributed by atoms with Crippen molar-refractivity contribution < 1.29 is 18.0 Å². The number of para-hydroxylation sites is 2. The molecule has 2 heterocycles. The van der Waals surface area contributed by atoms with Crippen LogP contribution in [0.1, 0.15) is 12.0 Å². The highest BCUT2D eigenvalue weighted by Gasteiger charge is 2.42. The zero-order chi connectivity index (χ0) is 27.6. The number of fused-ring (bicyclic) bond motifs is 1. The van der Waals surface area contributed by atoms with Crippen LogP contribution in [0.3, 0.4) is 0 Å². The third-order valence-electron chi connectivity index (χ3n) is 6.27. The minimum absolute atomic E-state index is 0.0546. The van der Waals surface area contributed by atoms with Crippen molar-refractivity contribution in [1.29, 1.82) is 0 Å². The quantitative estimate of drug-likeness (QED) is 0.278. The van der Waals surface area contributed by atoms with E-state index in [2.05, 4.69) is 20.6 Å². The summed E-state index contributed by atoms with van der Waals surface area (Å²) in [6.45, 7) is 0.309. The molecule has 1 atom stereocenters. The first kappa shape index (κ1) is 26.7. The van der Waals surface area contributed by atoms with Gasteiger partial charge in [0.2, 0.25) is 11.8 Å². The van der Waals surface area contributed by atoms with Gasteiger partial charge in [-0.1, -0.05) is 59.6 Å². The molecule has 9 nitrogen and oxygen atoms in total.